The van der Waals surface area contributed by atoms with Gasteiger partial charge in [-0.3, -0.25) is 43.2 Å². The zero-order valence-electron chi connectivity index (χ0n) is 73.5. The van der Waals surface area contributed by atoms with Crippen LogP contribution in [0.25, 0.3) is 0 Å². The predicted molar refractivity (Wildman–Crippen MR) is 476 cm³/mol. The standard InChI is InChI=1S/C14H18O.C12H16O2.3C12H16O.C11H14O.C10H18O2.C9H14N2O2.C9H12OS/c1-10(2)14(15)13-8-7-11-5-3-4-6-12(11)9-13;1-9(2)12(14)11(13)8-10-6-4-3-5-7-10;2*1-9(2)12(13)10(3)11-7-5-4-6-8-11;1-10(2)12(13)9-8-11-6-4-3-5-7-11;1-9(2)11(12)8-10-6-4-3-5-7-10;1-8(2)10(11)7-9-3-5-12-6-4-9;1-6(2)9(13)8(12)3-7-4-10-5-11-7;1-7(2)9(10)5-8-3-4-11-6-8/h3-6,10,13H,7-9H2,1-2H3;3-7,9,11,13H,8H2,1-2H3;2*4-10H,1-3H3;3-7,10H,8-9H2,1-2H3;3-7,9H,8H2,1-2H3;8-9H,3-7H2,1-2H3;4-6,8,12H,3H2,1-2H3,(H,10,11);3-4,6-7H,5H2,1-2H3/t;11-;2*10-;;;;8-;/m.010...0./s1. The lowest BCUT2D eigenvalue weighted by molar-refractivity contribution is -0.130. The molecule has 1 fully saturated rings. The molecule has 0 amide bonds. The van der Waals surface area contributed by atoms with Crippen molar-refractivity contribution in [2.75, 3.05) is 13.2 Å². The number of rotatable bonds is 29. The third-order valence-corrected chi connectivity index (χ3v) is 20.8. The minimum Gasteiger partial charge on any atom is -0.385 e. The Balaban J connectivity index is 0.000000443. The van der Waals surface area contributed by atoms with E-state index >= 15 is 0 Å². The van der Waals surface area contributed by atoms with Crippen LogP contribution in [0.15, 0.2) is 205 Å². The summed E-state index contributed by atoms with van der Waals surface area (Å²) >= 11 is 1.64. The van der Waals surface area contributed by atoms with Crippen molar-refractivity contribution in [1.82, 2.24) is 9.97 Å². The maximum Gasteiger partial charge on any atom is 0.164 e. The highest BCUT2D eigenvalue weighted by Gasteiger charge is 2.27. The number of aryl methyl sites for hydroxylation is 2. The number of aliphatic hydroxyl groups excluding tert-OH is 2. The quantitative estimate of drug-likeness (QED) is 0.0396. The molecule has 0 radical (unpaired) electrons. The molecule has 0 bridgehead atoms. The van der Waals surface area contributed by atoms with Crippen LogP contribution in [0, 0.1) is 65.1 Å². The van der Waals surface area contributed by atoms with Crippen molar-refractivity contribution < 1.29 is 58.1 Å². The number of thiophene rings is 1. The molecule has 116 heavy (non-hydrogen) atoms. The second-order valence-electron chi connectivity index (χ2n) is 33.0. The summed E-state index contributed by atoms with van der Waals surface area (Å²) in [5.41, 5.74) is 10.3. The molecular weight excluding hydrogens is 1470 g/mol. The first-order valence-electron chi connectivity index (χ1n) is 42.0. The number of H-pyrrole nitrogens is 1. The van der Waals surface area contributed by atoms with E-state index in [-0.39, 0.29) is 82.6 Å². The molecule has 2 aliphatic rings. The van der Waals surface area contributed by atoms with Gasteiger partial charge >= 0.3 is 0 Å². The summed E-state index contributed by atoms with van der Waals surface area (Å²) < 4.78 is 5.23. The summed E-state index contributed by atoms with van der Waals surface area (Å²) in [6, 6.07) is 59.9. The number of Topliss-reactive ketones (excluding diaryl/α,β-unsaturated/α-hetero) is 9. The summed E-state index contributed by atoms with van der Waals surface area (Å²) in [4.78, 5) is 110. The molecular formula is C101H140N2O12S. The number of benzene rings is 6. The summed E-state index contributed by atoms with van der Waals surface area (Å²) in [5, 5.41) is 23.1. The fraction of sp³-hybridized carbons (Fsp3) is 0.485. The van der Waals surface area contributed by atoms with Crippen LogP contribution in [0.3, 0.4) is 0 Å². The molecule has 8 aromatic rings. The fourth-order valence-electron chi connectivity index (χ4n) is 12.1. The van der Waals surface area contributed by atoms with Crippen LogP contribution >= 0.6 is 11.3 Å². The fourth-order valence-corrected chi connectivity index (χ4v) is 12.8. The van der Waals surface area contributed by atoms with Crippen molar-refractivity contribution in [2.45, 2.75) is 240 Å². The van der Waals surface area contributed by atoms with E-state index in [1.54, 1.807) is 45.2 Å². The first-order chi connectivity index (χ1) is 54.9. The van der Waals surface area contributed by atoms with Gasteiger partial charge in [-0.1, -0.05) is 314 Å². The van der Waals surface area contributed by atoms with E-state index < -0.39 is 12.2 Å². The molecule has 14 nitrogen and oxygen atoms in total. The molecule has 1 aliphatic carbocycles. The predicted octanol–water partition coefficient (Wildman–Crippen LogP) is 21.2. The third kappa shape index (κ3) is 43.4. The number of carbonyl (C=O) groups is 9. The average molecular weight is 1610 g/mol. The molecule has 632 valence electrons. The first-order valence-corrected chi connectivity index (χ1v) is 42.9. The Morgan fingerprint density at radius 3 is 1.21 bits per heavy atom. The monoisotopic (exact) mass is 1610 g/mol. The van der Waals surface area contributed by atoms with E-state index in [1.165, 1.54) is 23.0 Å². The Labute approximate surface area is 700 Å². The summed E-state index contributed by atoms with van der Waals surface area (Å²) in [6.07, 6.45) is 10.8. The lowest BCUT2D eigenvalue weighted by Crippen LogP contribution is -2.27. The van der Waals surface area contributed by atoms with E-state index in [4.69, 9.17) is 4.74 Å². The molecule has 2 aromatic heterocycles. The number of aromatic amines is 1. The van der Waals surface area contributed by atoms with Crippen LogP contribution in [0.4, 0.5) is 0 Å². The van der Waals surface area contributed by atoms with Crippen LogP contribution in [0.2, 0.25) is 0 Å². The molecule has 0 spiro atoms. The Kier molecular flexibility index (Phi) is 51.7. The van der Waals surface area contributed by atoms with E-state index in [0.29, 0.717) is 78.5 Å². The molecule has 1 saturated heterocycles. The Morgan fingerprint density at radius 1 is 0.414 bits per heavy atom. The number of fused-ring (bicyclic) bond motifs is 1. The van der Waals surface area contributed by atoms with Gasteiger partial charge in [0.05, 0.1) is 6.33 Å². The second kappa shape index (κ2) is 58.1. The maximum absolute atomic E-state index is 11.9. The average Bonchev–Trinajstić information content (AvgIpc) is 0.956. The lowest BCUT2D eigenvalue weighted by atomic mass is 9.79. The Hall–Kier alpha value is -8.86. The zero-order chi connectivity index (χ0) is 86.8. The van der Waals surface area contributed by atoms with Gasteiger partial charge in [-0.2, -0.15) is 11.3 Å². The molecule has 6 aromatic carbocycles. The van der Waals surface area contributed by atoms with Gasteiger partial charge < -0.3 is 19.9 Å². The second-order valence-corrected chi connectivity index (χ2v) is 33.7. The van der Waals surface area contributed by atoms with Gasteiger partial charge in [0.1, 0.15) is 52.7 Å². The van der Waals surface area contributed by atoms with Crippen LogP contribution < -0.4 is 0 Å². The summed E-state index contributed by atoms with van der Waals surface area (Å²) in [7, 11) is 0. The Bertz CT molecular complexity index is 3950. The number of ketones is 9. The lowest BCUT2D eigenvalue weighted by Gasteiger charge is -2.24. The summed E-state index contributed by atoms with van der Waals surface area (Å²) in [5.74, 6) is 4.01. The SMILES string of the molecule is CC(C)C(=O)C1CCc2ccccc2C1.CC(C)C(=O)CC1CCOCC1.CC(C)C(=O)CCc1ccccc1.CC(C)C(=O)Cc1ccccc1.CC(C)C(=O)Cc1ccsc1.CC(C)C(=O)[C@@H](C)c1ccccc1.CC(C)C(=O)[C@@H](O)Cc1ccccc1.CC(C)C(=O)[C@@H](O)Cc1cnc[nH]1.CC(C)C(=O)[C@H](C)c1ccccc1. The zero-order valence-corrected chi connectivity index (χ0v) is 74.3. The maximum atomic E-state index is 11.9. The molecule has 10 rings (SSSR count). The highest BCUT2D eigenvalue weighted by atomic mass is 32.1. The van der Waals surface area contributed by atoms with Crippen molar-refractivity contribution in [3.05, 3.63) is 255 Å². The van der Waals surface area contributed by atoms with Gasteiger partial charge in [-0.05, 0) is 106 Å². The largest absolute Gasteiger partial charge is 0.385 e. The number of hydrogen-bond donors (Lipinski definition) is 3. The molecule has 3 N–H and O–H groups in total. The van der Waals surface area contributed by atoms with Crippen molar-refractivity contribution in [3.8, 4) is 0 Å². The van der Waals surface area contributed by atoms with Gasteiger partial charge in [0.25, 0.3) is 0 Å². The van der Waals surface area contributed by atoms with Crippen molar-refractivity contribution in [1.29, 1.82) is 0 Å². The van der Waals surface area contributed by atoms with Crippen LogP contribution in [-0.2, 0) is 92.8 Å². The van der Waals surface area contributed by atoms with Crippen LogP contribution in [-0.4, -0.2) is 97.7 Å². The van der Waals surface area contributed by atoms with E-state index in [9.17, 15) is 53.4 Å². The molecule has 5 atom stereocenters. The van der Waals surface area contributed by atoms with Gasteiger partial charge in [-0.15, -0.1) is 0 Å². The number of hydrogen-bond acceptors (Lipinski definition) is 14. The van der Waals surface area contributed by atoms with Gasteiger partial charge in [0.2, 0.25) is 0 Å². The highest BCUT2D eigenvalue weighted by Crippen LogP contribution is 2.28. The highest BCUT2D eigenvalue weighted by molar-refractivity contribution is 7.08. The van der Waals surface area contributed by atoms with E-state index in [2.05, 4.69) is 46.4 Å². The van der Waals surface area contributed by atoms with Crippen LogP contribution in [0.1, 0.15) is 233 Å². The van der Waals surface area contributed by atoms with E-state index in [0.717, 1.165) is 91.7 Å². The number of carbonyl (C=O) groups excluding carboxylic acids is 9. The van der Waals surface area contributed by atoms with Gasteiger partial charge in [0.15, 0.2) is 11.6 Å². The summed E-state index contributed by atoms with van der Waals surface area (Å²) in [6.45, 7) is 40.2. The number of imidazole rings is 1. The third-order valence-electron chi connectivity index (χ3n) is 20.0. The van der Waals surface area contributed by atoms with E-state index in [1.807, 2.05) is 267 Å². The minimum absolute atomic E-state index is 0.0289. The number of ether oxygens (including phenoxy) is 1. The smallest absolute Gasteiger partial charge is 0.164 e. The topological polar surface area (TPSA) is 232 Å². The van der Waals surface area contributed by atoms with Crippen molar-refractivity contribution >= 4 is 63.4 Å². The molecule has 15 heteroatoms. The normalized spacial score (nSPS) is 13.8. The minimum atomic E-state index is -0.916. The molecule has 1 unspecified atom stereocenters. The molecule has 3 heterocycles. The van der Waals surface area contributed by atoms with Crippen molar-refractivity contribution in [2.24, 2.45) is 65.1 Å². The number of aromatic nitrogens is 2. The Morgan fingerprint density at radius 2 is 0.810 bits per heavy atom. The van der Waals surface area contributed by atoms with Gasteiger partial charge in [-0.25, -0.2) is 4.98 Å². The molecule has 1 aliphatic heterocycles. The first kappa shape index (κ1) is 103. The van der Waals surface area contributed by atoms with Crippen molar-refractivity contribution in [3.63, 3.8) is 0 Å². The number of aliphatic hydroxyl groups is 2. The number of nitrogens with one attached hydrogen (secondary N) is 1. The van der Waals surface area contributed by atoms with Gasteiger partial charge in [0, 0.05) is 135 Å². The number of nitrogens with zero attached hydrogens (tertiary/aromatic N) is 1. The molecule has 0 saturated carbocycles. The van der Waals surface area contributed by atoms with Crippen LogP contribution in [0.5, 0.6) is 0 Å².